The highest BCUT2D eigenvalue weighted by Gasteiger charge is 2.17. The molecule has 0 spiro atoms. The highest BCUT2D eigenvalue weighted by atomic mass is 16.6. The Morgan fingerprint density at radius 1 is 0.383 bits per heavy atom. The Labute approximate surface area is 368 Å². The quantitative estimate of drug-likeness (QED) is 0.0350. The van der Waals surface area contributed by atoms with E-state index in [1.165, 1.54) is 6.42 Å². The van der Waals surface area contributed by atoms with Gasteiger partial charge in [0.25, 0.3) is 0 Å². The van der Waals surface area contributed by atoms with Crippen LogP contribution in [0.5, 0.6) is 0 Å². The van der Waals surface area contributed by atoms with Gasteiger partial charge < -0.3 is 14.2 Å². The van der Waals surface area contributed by atoms with Crippen LogP contribution in [0.15, 0.2) is 146 Å². The van der Waals surface area contributed by atoms with Gasteiger partial charge in [0, 0.05) is 19.4 Å². The van der Waals surface area contributed by atoms with Gasteiger partial charge in [-0.3, -0.25) is 9.59 Å². The summed E-state index contributed by atoms with van der Waals surface area (Å²) in [5.74, 6) is -0.556. The molecule has 0 bridgehead atoms. The number of ether oxygens (including phenoxy) is 3. The van der Waals surface area contributed by atoms with Crippen molar-refractivity contribution in [2.24, 2.45) is 0 Å². The van der Waals surface area contributed by atoms with E-state index in [0.717, 1.165) is 116 Å². The summed E-state index contributed by atoms with van der Waals surface area (Å²) in [5, 5.41) is 0. The number of esters is 2. The predicted octanol–water partition coefficient (Wildman–Crippen LogP) is 15.8. The third-order valence-corrected chi connectivity index (χ3v) is 8.88. The minimum absolute atomic E-state index is 0.0112. The molecule has 0 aliphatic heterocycles. The Morgan fingerprint density at radius 2 is 0.767 bits per heavy atom. The standard InChI is InChI=1S/C55H84O5/c1-4-7-10-13-15-17-19-21-23-25-27-29-31-33-35-37-39-41-44-47-50-58-51-53(60-55(57)49-46-42-12-9-6-3)52-59-54(56)48-45-43-40-38-36-34-32-30-28-26-24-22-20-18-16-14-11-8-5-2/h7-8,10-11,15-18,21-24,27-30,33-36,39-41,43,53H,4-6,9,12-14,19-20,25-26,31-32,37-38,42,44-52H2,1-3H3/b10-7-,11-8-,17-15-,18-16-,23-21-,24-22-,29-27-,30-28-,35-33-,36-34-,41-39-,43-40-. The van der Waals surface area contributed by atoms with Crippen LogP contribution >= 0.6 is 0 Å². The zero-order valence-electron chi connectivity index (χ0n) is 38.2. The van der Waals surface area contributed by atoms with Crippen LogP contribution in [0.2, 0.25) is 0 Å². The maximum Gasteiger partial charge on any atom is 0.306 e. The van der Waals surface area contributed by atoms with Crippen molar-refractivity contribution in [3.63, 3.8) is 0 Å². The summed E-state index contributed by atoms with van der Waals surface area (Å²) in [7, 11) is 0. The van der Waals surface area contributed by atoms with Crippen molar-refractivity contribution in [2.75, 3.05) is 19.8 Å². The molecule has 0 amide bonds. The van der Waals surface area contributed by atoms with E-state index in [1.807, 2.05) is 6.08 Å². The van der Waals surface area contributed by atoms with Crippen LogP contribution in [-0.4, -0.2) is 37.9 Å². The normalized spacial score (nSPS) is 13.6. The van der Waals surface area contributed by atoms with E-state index in [2.05, 4.69) is 161 Å². The third-order valence-electron chi connectivity index (χ3n) is 8.88. The van der Waals surface area contributed by atoms with Gasteiger partial charge in [-0.15, -0.1) is 0 Å². The summed E-state index contributed by atoms with van der Waals surface area (Å²) < 4.78 is 17.1. The van der Waals surface area contributed by atoms with Gasteiger partial charge in [0.15, 0.2) is 6.10 Å². The van der Waals surface area contributed by atoms with E-state index in [0.29, 0.717) is 19.4 Å². The van der Waals surface area contributed by atoms with Crippen molar-refractivity contribution in [3.05, 3.63) is 146 Å². The van der Waals surface area contributed by atoms with Gasteiger partial charge in [0.2, 0.25) is 0 Å². The van der Waals surface area contributed by atoms with Gasteiger partial charge >= 0.3 is 11.9 Å². The lowest BCUT2D eigenvalue weighted by atomic mass is 10.1. The number of rotatable bonds is 40. The maximum absolute atomic E-state index is 12.5. The number of hydrogen-bond acceptors (Lipinski definition) is 5. The first-order valence-corrected chi connectivity index (χ1v) is 23.4. The van der Waals surface area contributed by atoms with Gasteiger partial charge in [-0.25, -0.2) is 0 Å². The van der Waals surface area contributed by atoms with Crippen molar-refractivity contribution in [1.29, 1.82) is 0 Å². The second kappa shape index (κ2) is 49.1. The van der Waals surface area contributed by atoms with E-state index < -0.39 is 6.10 Å². The summed E-state index contributed by atoms with van der Waals surface area (Å²) in [5.41, 5.74) is 0. The molecular weight excluding hydrogens is 741 g/mol. The molecule has 5 nitrogen and oxygen atoms in total. The fourth-order valence-corrected chi connectivity index (χ4v) is 5.49. The monoisotopic (exact) mass is 825 g/mol. The van der Waals surface area contributed by atoms with Crippen LogP contribution in [0.25, 0.3) is 0 Å². The highest BCUT2D eigenvalue weighted by molar-refractivity contribution is 5.70. The third kappa shape index (κ3) is 46.5. The summed E-state index contributed by atoms with van der Waals surface area (Å²) in [4.78, 5) is 25.0. The van der Waals surface area contributed by atoms with Crippen molar-refractivity contribution in [1.82, 2.24) is 0 Å². The lowest BCUT2D eigenvalue weighted by molar-refractivity contribution is -0.162. The first-order chi connectivity index (χ1) is 29.6. The molecule has 334 valence electrons. The molecule has 1 atom stereocenters. The Hall–Kier alpha value is -4.22. The largest absolute Gasteiger partial charge is 0.462 e. The van der Waals surface area contributed by atoms with E-state index >= 15 is 0 Å². The molecule has 1 unspecified atom stereocenters. The lowest BCUT2D eigenvalue weighted by Gasteiger charge is -2.18. The van der Waals surface area contributed by atoms with Crippen molar-refractivity contribution >= 4 is 11.9 Å². The average molecular weight is 825 g/mol. The molecule has 0 aromatic heterocycles. The zero-order chi connectivity index (χ0) is 43.5. The topological polar surface area (TPSA) is 61.8 Å². The highest BCUT2D eigenvalue weighted by Crippen LogP contribution is 2.09. The summed E-state index contributed by atoms with van der Waals surface area (Å²) in [6.07, 6.45) is 71.9. The van der Waals surface area contributed by atoms with Crippen LogP contribution in [0.3, 0.4) is 0 Å². The smallest absolute Gasteiger partial charge is 0.306 e. The second-order valence-electron chi connectivity index (χ2n) is 14.5. The Morgan fingerprint density at radius 3 is 1.18 bits per heavy atom. The lowest BCUT2D eigenvalue weighted by Crippen LogP contribution is -2.30. The summed E-state index contributed by atoms with van der Waals surface area (Å²) in [6, 6.07) is 0. The molecule has 60 heavy (non-hydrogen) atoms. The van der Waals surface area contributed by atoms with Gasteiger partial charge in [-0.2, -0.15) is 0 Å². The molecule has 0 fully saturated rings. The SMILES string of the molecule is CC/C=C\C/C=C\C/C=C\C/C=C\C/C=C\C/C=C\CCCOCC(COC(=O)CC/C=C\C/C=C\C/C=C\C/C=C\C/C=C\C/C=C\CC)OC(=O)CCCCCCC. The van der Waals surface area contributed by atoms with Crippen molar-refractivity contribution in [2.45, 2.75) is 168 Å². The molecule has 5 heteroatoms. The van der Waals surface area contributed by atoms with Gasteiger partial charge in [0.1, 0.15) is 6.61 Å². The maximum atomic E-state index is 12.5. The average Bonchev–Trinajstić information content (AvgIpc) is 3.25. The van der Waals surface area contributed by atoms with Crippen LogP contribution in [0, 0.1) is 0 Å². The molecule has 0 heterocycles. The molecule has 0 aliphatic rings. The van der Waals surface area contributed by atoms with Crippen molar-refractivity contribution in [3.8, 4) is 0 Å². The fraction of sp³-hybridized carbons (Fsp3) is 0.527. The van der Waals surface area contributed by atoms with Crippen LogP contribution in [-0.2, 0) is 23.8 Å². The van der Waals surface area contributed by atoms with Gasteiger partial charge in [-0.05, 0) is 103 Å². The van der Waals surface area contributed by atoms with Crippen LogP contribution < -0.4 is 0 Å². The Kier molecular flexibility index (Phi) is 45.7. The van der Waals surface area contributed by atoms with Gasteiger partial charge in [-0.1, -0.05) is 192 Å². The molecule has 0 aliphatic carbocycles. The first kappa shape index (κ1) is 55.8. The number of hydrogen-bond donors (Lipinski definition) is 0. The van der Waals surface area contributed by atoms with Crippen molar-refractivity contribution < 1.29 is 23.8 Å². The minimum Gasteiger partial charge on any atom is -0.462 e. The molecule has 0 saturated heterocycles. The van der Waals surface area contributed by atoms with E-state index in [-0.39, 0.29) is 31.6 Å². The number of carbonyl (C=O) groups excluding carboxylic acids is 2. The number of carbonyl (C=O) groups is 2. The molecule has 0 N–H and O–H groups in total. The van der Waals surface area contributed by atoms with Gasteiger partial charge in [0.05, 0.1) is 6.61 Å². The fourth-order valence-electron chi connectivity index (χ4n) is 5.49. The molecule has 0 saturated carbocycles. The minimum atomic E-state index is -0.603. The Bertz CT molecular complexity index is 1350. The van der Waals surface area contributed by atoms with Crippen LogP contribution in [0.1, 0.15) is 162 Å². The summed E-state index contributed by atoms with van der Waals surface area (Å²) in [6.45, 7) is 7.26. The number of unbranched alkanes of at least 4 members (excludes halogenated alkanes) is 5. The zero-order valence-corrected chi connectivity index (χ0v) is 38.2. The molecule has 0 rings (SSSR count). The summed E-state index contributed by atoms with van der Waals surface area (Å²) >= 11 is 0. The molecule has 0 aromatic carbocycles. The first-order valence-electron chi connectivity index (χ1n) is 23.4. The predicted molar refractivity (Wildman–Crippen MR) is 260 cm³/mol. The molecular formula is C55H84O5. The van der Waals surface area contributed by atoms with E-state index in [4.69, 9.17) is 14.2 Å². The van der Waals surface area contributed by atoms with Crippen LogP contribution in [0.4, 0.5) is 0 Å². The van der Waals surface area contributed by atoms with E-state index in [1.54, 1.807) is 0 Å². The van der Waals surface area contributed by atoms with E-state index in [9.17, 15) is 9.59 Å². The number of allylic oxidation sites excluding steroid dienone is 24. The molecule has 0 radical (unpaired) electrons. The Balaban J connectivity index is 4.31. The molecule has 0 aromatic rings. The second-order valence-corrected chi connectivity index (χ2v) is 14.5.